The third-order valence-corrected chi connectivity index (χ3v) is 3.65. The summed E-state index contributed by atoms with van der Waals surface area (Å²) in [7, 11) is 0. The van der Waals surface area contributed by atoms with E-state index in [1.807, 2.05) is 11.8 Å². The maximum Gasteiger partial charge on any atom is 0.149 e. The second-order valence-corrected chi connectivity index (χ2v) is 4.79. The third kappa shape index (κ3) is 2.48. The number of aliphatic hydroxyl groups is 1. The zero-order valence-electron chi connectivity index (χ0n) is 10.6. The Hall–Kier alpha value is -1.16. The molecule has 0 unspecified atom stereocenters. The number of rotatable bonds is 4. The summed E-state index contributed by atoms with van der Waals surface area (Å²) >= 11 is 0. The lowest BCUT2D eigenvalue weighted by Gasteiger charge is -2.30. The molecule has 0 aliphatic heterocycles. The predicted octanol–water partition coefficient (Wildman–Crippen LogP) is 3.23. The van der Waals surface area contributed by atoms with Gasteiger partial charge in [0.2, 0.25) is 0 Å². The second kappa shape index (κ2) is 5.65. The van der Waals surface area contributed by atoms with Crippen LogP contribution in [0.4, 0.5) is 14.5 Å². The van der Waals surface area contributed by atoms with Gasteiger partial charge in [0, 0.05) is 12.6 Å². The fourth-order valence-electron chi connectivity index (χ4n) is 2.80. The second-order valence-electron chi connectivity index (χ2n) is 4.79. The van der Waals surface area contributed by atoms with Crippen molar-refractivity contribution in [3.05, 3.63) is 29.3 Å². The average Bonchev–Trinajstić information content (AvgIpc) is 2.86. The quantitative estimate of drug-likeness (QED) is 0.893. The standard InChI is InChI=1S/C14H19F2NO/c1-2-17(11-5-3-4-6-11)14-12(15)7-10(9-18)8-13(14)16/h7-8,11,18H,2-6,9H2,1H3. The number of benzene rings is 1. The van der Waals surface area contributed by atoms with Crippen molar-refractivity contribution in [1.82, 2.24) is 0 Å². The van der Waals surface area contributed by atoms with Gasteiger partial charge in [-0.05, 0) is 37.5 Å². The molecular formula is C14H19F2NO. The van der Waals surface area contributed by atoms with Crippen molar-refractivity contribution >= 4 is 5.69 Å². The Morgan fingerprint density at radius 2 is 1.78 bits per heavy atom. The highest BCUT2D eigenvalue weighted by atomic mass is 19.1. The van der Waals surface area contributed by atoms with Crippen molar-refractivity contribution in [1.29, 1.82) is 0 Å². The number of hydrogen-bond donors (Lipinski definition) is 1. The van der Waals surface area contributed by atoms with E-state index in [4.69, 9.17) is 5.11 Å². The Labute approximate surface area is 106 Å². The van der Waals surface area contributed by atoms with Gasteiger partial charge < -0.3 is 10.0 Å². The van der Waals surface area contributed by atoms with Crippen molar-refractivity contribution in [3.8, 4) is 0 Å². The summed E-state index contributed by atoms with van der Waals surface area (Å²) in [6, 6.07) is 2.67. The molecule has 1 fully saturated rings. The molecule has 0 radical (unpaired) electrons. The Balaban J connectivity index is 2.35. The van der Waals surface area contributed by atoms with Crippen LogP contribution in [0.25, 0.3) is 0 Å². The molecule has 0 aromatic heterocycles. The topological polar surface area (TPSA) is 23.5 Å². The van der Waals surface area contributed by atoms with Crippen molar-refractivity contribution < 1.29 is 13.9 Å². The van der Waals surface area contributed by atoms with E-state index in [1.54, 1.807) is 0 Å². The number of aliphatic hydroxyl groups excluding tert-OH is 1. The zero-order chi connectivity index (χ0) is 13.1. The van der Waals surface area contributed by atoms with Gasteiger partial charge in [0.1, 0.15) is 17.3 Å². The summed E-state index contributed by atoms with van der Waals surface area (Å²) in [4.78, 5) is 1.82. The number of nitrogens with zero attached hydrogens (tertiary/aromatic N) is 1. The predicted molar refractivity (Wildman–Crippen MR) is 67.6 cm³/mol. The van der Waals surface area contributed by atoms with Gasteiger partial charge in [-0.15, -0.1) is 0 Å². The first-order valence-corrected chi connectivity index (χ1v) is 6.52. The molecule has 18 heavy (non-hydrogen) atoms. The third-order valence-electron chi connectivity index (χ3n) is 3.65. The maximum absolute atomic E-state index is 14.0. The monoisotopic (exact) mass is 255 g/mol. The normalized spacial score (nSPS) is 16.2. The molecule has 4 heteroatoms. The van der Waals surface area contributed by atoms with Crippen LogP contribution >= 0.6 is 0 Å². The summed E-state index contributed by atoms with van der Waals surface area (Å²) < 4.78 is 28.0. The minimum atomic E-state index is -0.576. The number of halogens is 2. The van der Waals surface area contributed by atoms with Crippen LogP contribution in [0.1, 0.15) is 38.2 Å². The van der Waals surface area contributed by atoms with E-state index in [0.717, 1.165) is 25.7 Å². The van der Waals surface area contributed by atoms with Crippen LogP contribution in [-0.4, -0.2) is 17.7 Å². The van der Waals surface area contributed by atoms with E-state index in [9.17, 15) is 8.78 Å². The molecule has 1 aromatic rings. The van der Waals surface area contributed by atoms with Gasteiger partial charge in [-0.1, -0.05) is 12.8 Å². The van der Waals surface area contributed by atoms with Gasteiger partial charge in [-0.2, -0.15) is 0 Å². The Morgan fingerprint density at radius 3 is 2.22 bits per heavy atom. The van der Waals surface area contributed by atoms with Crippen LogP contribution in [0, 0.1) is 11.6 Å². The zero-order valence-corrected chi connectivity index (χ0v) is 10.6. The van der Waals surface area contributed by atoms with Gasteiger partial charge in [-0.3, -0.25) is 0 Å². The molecule has 1 aromatic carbocycles. The lowest BCUT2D eigenvalue weighted by molar-refractivity contribution is 0.280. The number of anilines is 1. The number of hydrogen-bond acceptors (Lipinski definition) is 2. The largest absolute Gasteiger partial charge is 0.392 e. The molecule has 0 spiro atoms. The van der Waals surface area contributed by atoms with Gasteiger partial charge in [0.05, 0.1) is 6.61 Å². The molecule has 2 rings (SSSR count). The summed E-state index contributed by atoms with van der Waals surface area (Å²) in [6.07, 6.45) is 4.24. The highest BCUT2D eigenvalue weighted by Gasteiger charge is 2.26. The van der Waals surface area contributed by atoms with Gasteiger partial charge in [0.25, 0.3) is 0 Å². The van der Waals surface area contributed by atoms with E-state index in [-0.39, 0.29) is 23.9 Å². The summed E-state index contributed by atoms with van der Waals surface area (Å²) in [6.45, 7) is 2.16. The van der Waals surface area contributed by atoms with Gasteiger partial charge in [0.15, 0.2) is 0 Å². The van der Waals surface area contributed by atoms with E-state index in [1.165, 1.54) is 12.1 Å². The van der Waals surface area contributed by atoms with Gasteiger partial charge >= 0.3 is 0 Å². The van der Waals surface area contributed by atoms with Crippen molar-refractivity contribution in [2.75, 3.05) is 11.4 Å². The molecule has 2 nitrogen and oxygen atoms in total. The van der Waals surface area contributed by atoms with Crippen LogP contribution in [0.2, 0.25) is 0 Å². The van der Waals surface area contributed by atoms with Crippen LogP contribution in [0.5, 0.6) is 0 Å². The highest BCUT2D eigenvalue weighted by Crippen LogP contribution is 2.32. The Kier molecular flexibility index (Phi) is 4.17. The average molecular weight is 255 g/mol. The molecule has 0 atom stereocenters. The van der Waals surface area contributed by atoms with Crippen molar-refractivity contribution in [3.63, 3.8) is 0 Å². The van der Waals surface area contributed by atoms with Crippen molar-refractivity contribution in [2.45, 2.75) is 45.3 Å². The Bertz CT molecular complexity index is 393. The molecule has 0 heterocycles. The van der Waals surface area contributed by atoms with Crippen LogP contribution < -0.4 is 4.90 Å². The van der Waals surface area contributed by atoms with Crippen LogP contribution in [0.15, 0.2) is 12.1 Å². The van der Waals surface area contributed by atoms with E-state index < -0.39 is 11.6 Å². The van der Waals surface area contributed by atoms with Crippen LogP contribution in [-0.2, 0) is 6.61 Å². The fraction of sp³-hybridized carbons (Fsp3) is 0.571. The van der Waals surface area contributed by atoms with Gasteiger partial charge in [-0.25, -0.2) is 8.78 Å². The molecule has 0 saturated heterocycles. The smallest absolute Gasteiger partial charge is 0.149 e. The van der Waals surface area contributed by atoms with Crippen LogP contribution in [0.3, 0.4) is 0 Å². The van der Waals surface area contributed by atoms with E-state index >= 15 is 0 Å². The first kappa shape index (κ1) is 13.3. The summed E-state index contributed by atoms with van der Waals surface area (Å²) in [5.74, 6) is -1.15. The first-order valence-electron chi connectivity index (χ1n) is 6.52. The summed E-state index contributed by atoms with van der Waals surface area (Å²) in [5.41, 5.74) is 0.331. The van der Waals surface area contributed by atoms with Crippen molar-refractivity contribution in [2.24, 2.45) is 0 Å². The lowest BCUT2D eigenvalue weighted by Crippen LogP contribution is -2.34. The fourth-order valence-corrected chi connectivity index (χ4v) is 2.80. The lowest BCUT2D eigenvalue weighted by atomic mass is 10.1. The molecule has 0 bridgehead atoms. The maximum atomic E-state index is 14.0. The highest BCUT2D eigenvalue weighted by molar-refractivity contribution is 5.51. The molecule has 1 aliphatic carbocycles. The first-order chi connectivity index (χ1) is 8.67. The minimum Gasteiger partial charge on any atom is -0.392 e. The molecule has 1 N–H and O–H groups in total. The van der Waals surface area contributed by atoms with E-state index in [0.29, 0.717) is 6.54 Å². The summed E-state index contributed by atoms with van der Waals surface area (Å²) in [5, 5.41) is 8.94. The molecular weight excluding hydrogens is 236 g/mol. The molecule has 1 aliphatic rings. The molecule has 0 amide bonds. The van der Waals surface area contributed by atoms with E-state index in [2.05, 4.69) is 0 Å². The molecule has 100 valence electrons. The SMILES string of the molecule is CCN(c1c(F)cc(CO)cc1F)C1CCCC1. The Morgan fingerprint density at radius 1 is 1.22 bits per heavy atom. The minimum absolute atomic E-state index is 0.0570. The molecule has 1 saturated carbocycles.